The fourth-order valence-corrected chi connectivity index (χ4v) is 4.39. The van der Waals surface area contributed by atoms with Gasteiger partial charge in [0.15, 0.2) is 5.78 Å². The van der Waals surface area contributed by atoms with Crippen LogP contribution in [0.2, 0.25) is 0 Å². The van der Waals surface area contributed by atoms with E-state index in [0.717, 1.165) is 27.3 Å². The molecule has 6 nitrogen and oxygen atoms in total. The summed E-state index contributed by atoms with van der Waals surface area (Å²) in [5.74, 6) is -0.310. The smallest absolute Gasteiger partial charge is 0.249 e. The molecular weight excluding hydrogens is 372 g/mol. The first-order chi connectivity index (χ1) is 12.2. The van der Waals surface area contributed by atoms with Gasteiger partial charge in [-0.25, -0.2) is 13.1 Å². The van der Waals surface area contributed by atoms with Crippen molar-refractivity contribution in [2.45, 2.75) is 37.4 Å². The highest BCUT2D eigenvalue weighted by Gasteiger charge is 2.15. The number of hydrogen-bond acceptors (Lipinski definition) is 5. The molecule has 26 heavy (non-hydrogen) atoms. The molecule has 2 N–H and O–H groups in total. The molecular formula is C18H22N2O4S2. The number of hydrogen-bond donors (Lipinski definition) is 2. The number of nitrogens with one attached hydrogen (secondary N) is 2. The van der Waals surface area contributed by atoms with Gasteiger partial charge in [-0.1, -0.05) is 12.1 Å². The Morgan fingerprint density at radius 3 is 2.42 bits per heavy atom. The zero-order valence-corrected chi connectivity index (χ0v) is 16.6. The second-order valence-electron chi connectivity index (χ2n) is 5.93. The van der Waals surface area contributed by atoms with E-state index in [2.05, 4.69) is 10.0 Å². The van der Waals surface area contributed by atoms with E-state index >= 15 is 0 Å². The summed E-state index contributed by atoms with van der Waals surface area (Å²) in [7, 11) is -2.11. The molecule has 1 aromatic heterocycles. The maximum atomic E-state index is 12.2. The van der Waals surface area contributed by atoms with Gasteiger partial charge in [-0.05, 0) is 50.2 Å². The molecule has 0 unspecified atom stereocenters. The minimum Gasteiger partial charge on any atom is -0.351 e. The Morgan fingerprint density at radius 1 is 1.04 bits per heavy atom. The third-order valence-electron chi connectivity index (χ3n) is 4.04. The maximum absolute atomic E-state index is 12.2. The van der Waals surface area contributed by atoms with Gasteiger partial charge in [-0.3, -0.25) is 9.59 Å². The summed E-state index contributed by atoms with van der Waals surface area (Å²) in [4.78, 5) is 24.9. The molecule has 1 aromatic carbocycles. The van der Waals surface area contributed by atoms with E-state index < -0.39 is 10.0 Å². The third kappa shape index (κ3) is 5.23. The molecule has 0 aliphatic heterocycles. The molecule has 0 aliphatic carbocycles. The molecule has 1 heterocycles. The predicted octanol–water partition coefficient (Wildman–Crippen LogP) is 2.55. The first kappa shape index (κ1) is 20.3. The van der Waals surface area contributed by atoms with Crippen LogP contribution in [0, 0.1) is 13.8 Å². The van der Waals surface area contributed by atoms with Gasteiger partial charge in [0.25, 0.3) is 0 Å². The lowest BCUT2D eigenvalue weighted by atomic mass is 10.0. The Balaban J connectivity index is 1.84. The van der Waals surface area contributed by atoms with Gasteiger partial charge < -0.3 is 5.32 Å². The molecule has 0 radical (unpaired) electrons. The highest BCUT2D eigenvalue weighted by Crippen LogP contribution is 2.21. The number of Topliss-reactive ketones (excluding diaryl/α,β-unsaturated/α-hetero) is 1. The number of benzene rings is 1. The normalized spacial score (nSPS) is 11.3. The summed E-state index contributed by atoms with van der Waals surface area (Å²) >= 11 is 1.10. The first-order valence-corrected chi connectivity index (χ1v) is 10.4. The van der Waals surface area contributed by atoms with Gasteiger partial charge in [-0.2, -0.15) is 0 Å². The molecule has 2 rings (SSSR count). The monoisotopic (exact) mass is 394 g/mol. The van der Waals surface area contributed by atoms with Crippen LogP contribution in [0.25, 0.3) is 0 Å². The van der Waals surface area contributed by atoms with Gasteiger partial charge in [0.05, 0.1) is 6.54 Å². The molecule has 0 bridgehead atoms. The molecule has 140 valence electrons. The van der Waals surface area contributed by atoms with Gasteiger partial charge in [-0.15, -0.1) is 11.3 Å². The van der Waals surface area contributed by atoms with Crippen molar-refractivity contribution in [3.63, 3.8) is 0 Å². The van der Waals surface area contributed by atoms with Crippen LogP contribution in [0.1, 0.15) is 39.2 Å². The Bertz CT molecular complexity index is 917. The number of carbonyl (C=O) groups is 2. The fourth-order valence-electron chi connectivity index (χ4n) is 2.26. The van der Waals surface area contributed by atoms with Crippen molar-refractivity contribution in [1.29, 1.82) is 0 Å². The number of amides is 1. The van der Waals surface area contributed by atoms with E-state index in [1.807, 2.05) is 26.0 Å². The minimum atomic E-state index is -3.46. The maximum Gasteiger partial charge on any atom is 0.249 e. The van der Waals surface area contributed by atoms with Gasteiger partial charge in [0, 0.05) is 23.3 Å². The lowest BCUT2D eigenvalue weighted by molar-refractivity contribution is -0.121. The molecule has 0 aliphatic rings. The number of rotatable bonds is 8. The van der Waals surface area contributed by atoms with Crippen LogP contribution in [0.5, 0.6) is 0 Å². The van der Waals surface area contributed by atoms with Crippen molar-refractivity contribution in [1.82, 2.24) is 10.0 Å². The van der Waals surface area contributed by atoms with Crippen molar-refractivity contribution in [2.24, 2.45) is 0 Å². The summed E-state index contributed by atoms with van der Waals surface area (Å²) in [6.45, 7) is 4.16. The summed E-state index contributed by atoms with van der Waals surface area (Å²) in [5, 5.41) is 2.71. The van der Waals surface area contributed by atoms with E-state index in [4.69, 9.17) is 0 Å². The first-order valence-electron chi connectivity index (χ1n) is 8.12. The second-order valence-corrected chi connectivity index (χ2v) is 9.21. The van der Waals surface area contributed by atoms with Crippen molar-refractivity contribution in [3.8, 4) is 0 Å². The van der Waals surface area contributed by atoms with Crippen LogP contribution in [0.15, 0.2) is 34.5 Å². The van der Waals surface area contributed by atoms with Crippen molar-refractivity contribution < 1.29 is 18.0 Å². The lowest BCUT2D eigenvalue weighted by Crippen LogP contribution is -2.22. The summed E-state index contributed by atoms with van der Waals surface area (Å²) < 4.78 is 25.8. The Morgan fingerprint density at radius 2 is 1.77 bits per heavy atom. The Hall–Kier alpha value is -2.03. The van der Waals surface area contributed by atoms with E-state index in [-0.39, 0.29) is 35.3 Å². The van der Waals surface area contributed by atoms with Crippen LogP contribution in [-0.4, -0.2) is 27.2 Å². The quantitative estimate of drug-likeness (QED) is 0.673. The second kappa shape index (κ2) is 8.57. The summed E-state index contributed by atoms with van der Waals surface area (Å²) in [6, 6.07) is 8.68. The Labute approximate surface area is 157 Å². The number of ketones is 1. The molecule has 1 amide bonds. The van der Waals surface area contributed by atoms with Crippen molar-refractivity contribution >= 4 is 33.1 Å². The minimum absolute atomic E-state index is 0.0678. The number of thiophene rings is 1. The number of carbonyl (C=O) groups excluding carboxylic acids is 2. The standard InChI is InChI=1S/C18H22N2O4S2/c1-12-4-5-14(10-13(12)2)16(21)7-8-17(22)20-11-15-6-9-18(25-15)26(23,24)19-3/h4-6,9-10,19H,7-8,11H2,1-3H3,(H,20,22). The van der Waals surface area contributed by atoms with Crippen LogP contribution < -0.4 is 10.0 Å². The average Bonchev–Trinajstić information content (AvgIpc) is 3.10. The zero-order valence-electron chi connectivity index (χ0n) is 15.0. The van der Waals surface area contributed by atoms with Crippen LogP contribution in [-0.2, 0) is 21.4 Å². The van der Waals surface area contributed by atoms with Crippen LogP contribution >= 0.6 is 11.3 Å². The van der Waals surface area contributed by atoms with Crippen LogP contribution in [0.3, 0.4) is 0 Å². The lowest BCUT2D eigenvalue weighted by Gasteiger charge is -2.06. The zero-order chi connectivity index (χ0) is 19.3. The van der Waals surface area contributed by atoms with Crippen LogP contribution in [0.4, 0.5) is 0 Å². The van der Waals surface area contributed by atoms with Crippen molar-refractivity contribution in [3.05, 3.63) is 51.9 Å². The summed E-state index contributed by atoms with van der Waals surface area (Å²) in [5.41, 5.74) is 2.78. The molecule has 0 atom stereocenters. The molecule has 0 fully saturated rings. The summed E-state index contributed by atoms with van der Waals surface area (Å²) in [6.07, 6.45) is 0.233. The molecule has 0 saturated heterocycles. The predicted molar refractivity (Wildman–Crippen MR) is 102 cm³/mol. The molecule has 8 heteroatoms. The molecule has 2 aromatic rings. The van der Waals surface area contributed by atoms with Gasteiger partial charge in [0.1, 0.15) is 4.21 Å². The molecule has 0 spiro atoms. The largest absolute Gasteiger partial charge is 0.351 e. The van der Waals surface area contributed by atoms with Crippen molar-refractivity contribution in [2.75, 3.05) is 7.05 Å². The fraction of sp³-hybridized carbons (Fsp3) is 0.333. The van der Waals surface area contributed by atoms with Gasteiger partial charge in [0.2, 0.25) is 15.9 Å². The third-order valence-corrected chi connectivity index (χ3v) is 7.03. The topological polar surface area (TPSA) is 92.3 Å². The van der Waals surface area contributed by atoms with E-state index in [1.165, 1.54) is 13.1 Å². The van der Waals surface area contributed by atoms with E-state index in [0.29, 0.717) is 5.56 Å². The highest BCUT2D eigenvalue weighted by atomic mass is 32.2. The Kier molecular flexibility index (Phi) is 6.69. The molecule has 0 saturated carbocycles. The number of sulfonamides is 1. The highest BCUT2D eigenvalue weighted by molar-refractivity contribution is 7.91. The SMILES string of the molecule is CNS(=O)(=O)c1ccc(CNC(=O)CCC(=O)c2ccc(C)c(C)c2)s1. The average molecular weight is 395 g/mol. The van der Waals surface area contributed by atoms with Gasteiger partial charge >= 0.3 is 0 Å². The number of aryl methyl sites for hydroxylation is 2. The van der Waals surface area contributed by atoms with E-state index in [1.54, 1.807) is 12.1 Å². The van der Waals surface area contributed by atoms with E-state index in [9.17, 15) is 18.0 Å².